The molecule has 2 aliphatic heterocycles. The van der Waals surface area contributed by atoms with Crippen LogP contribution in [0.3, 0.4) is 0 Å². The minimum absolute atomic E-state index is 0.0294. The van der Waals surface area contributed by atoms with Crippen molar-refractivity contribution in [2.75, 3.05) is 32.8 Å². The molecule has 0 bridgehead atoms. The Morgan fingerprint density at radius 2 is 2.05 bits per heavy atom. The number of aromatic amines is 1. The number of rotatable bonds is 2. The van der Waals surface area contributed by atoms with Gasteiger partial charge in [0.2, 0.25) is 5.91 Å². The molecule has 0 aliphatic carbocycles. The van der Waals surface area contributed by atoms with Crippen molar-refractivity contribution in [1.29, 1.82) is 0 Å². The molecule has 0 aromatic carbocycles. The van der Waals surface area contributed by atoms with Gasteiger partial charge in [-0.3, -0.25) is 9.59 Å². The number of carbonyl (C=O) groups excluding carboxylic acids is 2. The van der Waals surface area contributed by atoms with Crippen molar-refractivity contribution in [3.05, 3.63) is 23.0 Å². The molecule has 21 heavy (non-hydrogen) atoms. The van der Waals surface area contributed by atoms with Crippen molar-refractivity contribution >= 4 is 23.4 Å². The van der Waals surface area contributed by atoms with Gasteiger partial charge in [-0.1, -0.05) is 11.6 Å². The van der Waals surface area contributed by atoms with E-state index in [1.165, 1.54) is 0 Å². The van der Waals surface area contributed by atoms with Gasteiger partial charge < -0.3 is 19.5 Å². The minimum Gasteiger partial charge on any atom is -0.378 e. The SMILES string of the molecule is O=C([C@@H]1CCCN1C(=O)c1cc(Cl)c[nH]1)N1CCOCC1. The summed E-state index contributed by atoms with van der Waals surface area (Å²) in [6, 6.07) is 1.23. The second-order valence-corrected chi connectivity index (χ2v) is 5.76. The predicted molar refractivity (Wildman–Crippen MR) is 77.3 cm³/mol. The minimum atomic E-state index is -0.363. The Bertz CT molecular complexity index is 539. The van der Waals surface area contributed by atoms with E-state index in [2.05, 4.69) is 4.98 Å². The van der Waals surface area contributed by atoms with Gasteiger partial charge in [-0.25, -0.2) is 0 Å². The smallest absolute Gasteiger partial charge is 0.270 e. The van der Waals surface area contributed by atoms with Gasteiger partial charge in [0.15, 0.2) is 0 Å². The van der Waals surface area contributed by atoms with Gasteiger partial charge in [0, 0.05) is 25.8 Å². The molecule has 1 N–H and O–H groups in total. The normalized spacial score (nSPS) is 22.6. The molecule has 1 aromatic rings. The monoisotopic (exact) mass is 311 g/mol. The molecule has 7 heteroatoms. The second-order valence-electron chi connectivity index (χ2n) is 5.33. The fourth-order valence-electron chi connectivity index (χ4n) is 2.91. The highest BCUT2D eigenvalue weighted by atomic mass is 35.5. The second kappa shape index (κ2) is 6.07. The molecule has 2 aliphatic rings. The van der Waals surface area contributed by atoms with Gasteiger partial charge in [0.1, 0.15) is 11.7 Å². The first-order valence-electron chi connectivity index (χ1n) is 7.18. The Hall–Kier alpha value is -1.53. The van der Waals surface area contributed by atoms with E-state index >= 15 is 0 Å². The average molecular weight is 312 g/mol. The quantitative estimate of drug-likeness (QED) is 0.890. The molecule has 2 fully saturated rings. The molecule has 3 heterocycles. The number of halogens is 1. The summed E-state index contributed by atoms with van der Waals surface area (Å²) in [7, 11) is 0. The van der Waals surface area contributed by atoms with Gasteiger partial charge in [-0.2, -0.15) is 0 Å². The summed E-state index contributed by atoms with van der Waals surface area (Å²) < 4.78 is 5.26. The summed E-state index contributed by atoms with van der Waals surface area (Å²) in [6.45, 7) is 2.95. The van der Waals surface area contributed by atoms with E-state index in [0.29, 0.717) is 43.6 Å². The number of nitrogens with one attached hydrogen (secondary N) is 1. The van der Waals surface area contributed by atoms with Crippen molar-refractivity contribution in [2.24, 2.45) is 0 Å². The van der Waals surface area contributed by atoms with Gasteiger partial charge in [-0.15, -0.1) is 0 Å². The maximum atomic E-state index is 12.6. The molecule has 1 atom stereocenters. The van der Waals surface area contributed by atoms with Gasteiger partial charge in [0.25, 0.3) is 5.91 Å². The van der Waals surface area contributed by atoms with Crippen LogP contribution >= 0.6 is 11.6 Å². The summed E-state index contributed by atoms with van der Waals surface area (Å²) >= 11 is 5.84. The van der Waals surface area contributed by atoms with Crippen molar-refractivity contribution in [3.8, 4) is 0 Å². The van der Waals surface area contributed by atoms with E-state index in [-0.39, 0.29) is 17.9 Å². The largest absolute Gasteiger partial charge is 0.378 e. The molecule has 114 valence electrons. The van der Waals surface area contributed by atoms with Gasteiger partial charge >= 0.3 is 0 Å². The third-order valence-electron chi connectivity index (χ3n) is 4.00. The van der Waals surface area contributed by atoms with Crippen LogP contribution in [-0.2, 0) is 9.53 Å². The number of morpholine rings is 1. The summed E-state index contributed by atoms with van der Waals surface area (Å²) in [5, 5.41) is 0.494. The molecule has 2 saturated heterocycles. The molecule has 0 radical (unpaired) electrons. The number of carbonyl (C=O) groups is 2. The molecule has 0 spiro atoms. The molecular weight excluding hydrogens is 294 g/mol. The first kappa shape index (κ1) is 14.4. The zero-order valence-electron chi connectivity index (χ0n) is 11.7. The molecular formula is C14H18ClN3O3. The van der Waals surface area contributed by atoms with E-state index in [0.717, 1.165) is 12.8 Å². The summed E-state index contributed by atoms with van der Waals surface area (Å²) in [5.41, 5.74) is 0.432. The van der Waals surface area contributed by atoms with Crippen LogP contribution in [0, 0.1) is 0 Å². The number of nitrogens with zero attached hydrogens (tertiary/aromatic N) is 2. The first-order valence-corrected chi connectivity index (χ1v) is 7.56. The summed E-state index contributed by atoms with van der Waals surface area (Å²) in [4.78, 5) is 31.4. The Balaban J connectivity index is 1.72. The number of ether oxygens (including phenoxy) is 1. The lowest BCUT2D eigenvalue weighted by atomic mass is 10.1. The van der Waals surface area contributed by atoms with Crippen LogP contribution in [-0.4, -0.2) is 65.5 Å². The molecule has 0 saturated carbocycles. The Kier molecular flexibility index (Phi) is 4.17. The Morgan fingerprint density at radius 3 is 2.71 bits per heavy atom. The lowest BCUT2D eigenvalue weighted by molar-refractivity contribution is -0.139. The van der Waals surface area contributed by atoms with Crippen molar-refractivity contribution in [1.82, 2.24) is 14.8 Å². The number of H-pyrrole nitrogens is 1. The van der Waals surface area contributed by atoms with Crippen LogP contribution in [0.15, 0.2) is 12.3 Å². The fourth-order valence-corrected chi connectivity index (χ4v) is 3.07. The molecule has 1 aromatic heterocycles. The van der Waals surface area contributed by atoms with Crippen LogP contribution in [0.25, 0.3) is 0 Å². The number of hydrogen-bond donors (Lipinski definition) is 1. The maximum Gasteiger partial charge on any atom is 0.270 e. The third-order valence-corrected chi connectivity index (χ3v) is 4.22. The van der Waals surface area contributed by atoms with Crippen molar-refractivity contribution in [3.63, 3.8) is 0 Å². The summed E-state index contributed by atoms with van der Waals surface area (Å²) in [6.07, 6.45) is 3.14. The highest BCUT2D eigenvalue weighted by Gasteiger charge is 2.37. The topological polar surface area (TPSA) is 65.6 Å². The first-order chi connectivity index (χ1) is 10.2. The molecule has 0 unspecified atom stereocenters. The van der Waals surface area contributed by atoms with E-state index in [1.807, 2.05) is 0 Å². The van der Waals surface area contributed by atoms with Crippen LogP contribution in [0.5, 0.6) is 0 Å². The molecule has 3 rings (SSSR count). The third kappa shape index (κ3) is 2.91. The van der Waals surface area contributed by atoms with E-state index in [1.54, 1.807) is 22.1 Å². The Morgan fingerprint density at radius 1 is 1.29 bits per heavy atom. The number of likely N-dealkylation sites (tertiary alicyclic amines) is 1. The Labute approximate surface area is 128 Å². The lowest BCUT2D eigenvalue weighted by Crippen LogP contribution is -2.51. The van der Waals surface area contributed by atoms with Crippen LogP contribution in [0.2, 0.25) is 5.02 Å². The van der Waals surface area contributed by atoms with E-state index in [4.69, 9.17) is 16.3 Å². The number of amides is 2. The predicted octanol–water partition coefficient (Wildman–Crippen LogP) is 1.13. The van der Waals surface area contributed by atoms with Gasteiger partial charge in [0.05, 0.1) is 18.2 Å². The fraction of sp³-hybridized carbons (Fsp3) is 0.571. The van der Waals surface area contributed by atoms with Crippen molar-refractivity contribution in [2.45, 2.75) is 18.9 Å². The highest BCUT2D eigenvalue weighted by Crippen LogP contribution is 2.23. The lowest BCUT2D eigenvalue weighted by Gasteiger charge is -2.32. The number of hydrogen-bond acceptors (Lipinski definition) is 3. The number of aromatic nitrogens is 1. The van der Waals surface area contributed by atoms with Gasteiger partial charge in [-0.05, 0) is 18.9 Å². The summed E-state index contributed by atoms with van der Waals surface area (Å²) in [5.74, 6) is -0.132. The molecule has 2 amide bonds. The van der Waals surface area contributed by atoms with E-state index in [9.17, 15) is 9.59 Å². The van der Waals surface area contributed by atoms with Crippen molar-refractivity contribution < 1.29 is 14.3 Å². The van der Waals surface area contributed by atoms with Crippen LogP contribution in [0.4, 0.5) is 0 Å². The highest BCUT2D eigenvalue weighted by molar-refractivity contribution is 6.31. The zero-order chi connectivity index (χ0) is 14.8. The zero-order valence-corrected chi connectivity index (χ0v) is 12.4. The average Bonchev–Trinajstić information content (AvgIpc) is 3.15. The standard InChI is InChI=1S/C14H18ClN3O3/c15-10-8-11(16-9-10)13(19)18-3-1-2-12(18)14(20)17-4-6-21-7-5-17/h8-9,12,16H,1-7H2/t12-/m0/s1. The van der Waals surface area contributed by atoms with E-state index < -0.39 is 0 Å². The maximum absolute atomic E-state index is 12.6. The van der Waals surface area contributed by atoms with Crippen LogP contribution in [0.1, 0.15) is 23.3 Å². The molecule has 6 nitrogen and oxygen atoms in total. The van der Waals surface area contributed by atoms with Crippen LogP contribution < -0.4 is 0 Å².